The molecule has 3 aromatic rings. The van der Waals surface area contributed by atoms with Gasteiger partial charge in [-0.15, -0.1) is 10.2 Å². The van der Waals surface area contributed by atoms with Gasteiger partial charge in [-0.3, -0.25) is 9.36 Å². The third-order valence-corrected chi connectivity index (χ3v) is 5.98. The van der Waals surface area contributed by atoms with Crippen molar-refractivity contribution in [1.82, 2.24) is 14.8 Å². The summed E-state index contributed by atoms with van der Waals surface area (Å²) in [7, 11) is 0. The smallest absolute Gasteiger partial charge is 0.338 e. The Morgan fingerprint density at radius 2 is 1.84 bits per heavy atom. The van der Waals surface area contributed by atoms with Crippen LogP contribution in [-0.2, 0) is 16.0 Å². The van der Waals surface area contributed by atoms with E-state index in [1.54, 1.807) is 24.0 Å². The zero-order chi connectivity index (χ0) is 22.0. The molecule has 1 aliphatic rings. The predicted octanol–water partition coefficient (Wildman–Crippen LogP) is 3.82. The number of nitrogens with zero attached hydrogens (tertiary/aromatic N) is 4. The summed E-state index contributed by atoms with van der Waals surface area (Å²) < 4.78 is 7.42. The van der Waals surface area contributed by atoms with Crippen LogP contribution in [0.1, 0.15) is 35.1 Å². The molecule has 1 aromatic heterocycles. The molecule has 0 bridgehead atoms. The lowest BCUT2D eigenvalue weighted by Gasteiger charge is -2.31. The molecule has 31 heavy (non-hydrogen) atoms. The Bertz CT molecular complexity index is 1110. The van der Waals surface area contributed by atoms with Crippen LogP contribution in [0.25, 0.3) is 5.69 Å². The Morgan fingerprint density at radius 3 is 2.58 bits per heavy atom. The summed E-state index contributed by atoms with van der Waals surface area (Å²) in [5, 5.41) is 9.00. The molecule has 7 nitrogen and oxygen atoms in total. The maximum atomic E-state index is 13.0. The molecule has 0 saturated heterocycles. The van der Waals surface area contributed by atoms with Crippen LogP contribution in [0.2, 0.25) is 0 Å². The van der Waals surface area contributed by atoms with Crippen LogP contribution in [0.4, 0.5) is 5.69 Å². The highest BCUT2D eigenvalue weighted by Gasteiger charge is 2.28. The number of ether oxygens (including phenoxy) is 1. The lowest BCUT2D eigenvalue weighted by atomic mass is 10.0. The number of esters is 1. The number of fused-ring (bicyclic) bond motifs is 1. The number of benzene rings is 2. The van der Waals surface area contributed by atoms with E-state index in [0.717, 1.165) is 40.8 Å². The van der Waals surface area contributed by atoms with Crippen molar-refractivity contribution in [2.75, 3.05) is 17.7 Å². The first-order chi connectivity index (χ1) is 15.0. The van der Waals surface area contributed by atoms with Gasteiger partial charge in [-0.2, -0.15) is 0 Å². The number of para-hydroxylation sites is 1. The number of carbonyl (C=O) groups is 2. The Balaban J connectivity index is 1.46. The average molecular weight is 437 g/mol. The molecule has 1 unspecified atom stereocenters. The molecule has 0 fully saturated rings. The van der Waals surface area contributed by atoms with Crippen LogP contribution in [0.3, 0.4) is 0 Å². The standard InChI is InChI=1S/C23H24N4O3S/c1-15(21(28)26-14-6-8-17-7-4-5-9-20(17)26)30-22(29)18-10-12-19(13-11-18)27-16(2)24-25-23(27)31-3/h4-5,7,9-13,15H,6,8,14H2,1-3H3. The molecular formula is C23H24N4O3S. The SMILES string of the molecule is CSc1nnc(C)n1-c1ccc(C(=O)OC(C)C(=O)N2CCCc3ccccc32)cc1. The summed E-state index contributed by atoms with van der Waals surface area (Å²) in [5.74, 6) is 0.0332. The molecular weight excluding hydrogens is 412 g/mol. The number of aryl methyl sites for hydroxylation is 2. The molecule has 8 heteroatoms. The second-order valence-corrected chi connectivity index (χ2v) is 8.16. The van der Waals surface area contributed by atoms with Gasteiger partial charge in [0.15, 0.2) is 11.3 Å². The fraction of sp³-hybridized carbons (Fsp3) is 0.304. The van der Waals surface area contributed by atoms with Gasteiger partial charge >= 0.3 is 5.97 Å². The minimum Gasteiger partial charge on any atom is -0.449 e. The lowest BCUT2D eigenvalue weighted by molar-refractivity contribution is -0.126. The summed E-state index contributed by atoms with van der Waals surface area (Å²) >= 11 is 1.50. The maximum absolute atomic E-state index is 13.0. The Morgan fingerprint density at radius 1 is 1.10 bits per heavy atom. The monoisotopic (exact) mass is 436 g/mol. The number of carbonyl (C=O) groups excluding carboxylic acids is 2. The van der Waals surface area contributed by atoms with E-state index in [9.17, 15) is 9.59 Å². The number of thioether (sulfide) groups is 1. The van der Waals surface area contributed by atoms with Crippen LogP contribution in [0.15, 0.2) is 53.7 Å². The van der Waals surface area contributed by atoms with Gasteiger partial charge in [0, 0.05) is 17.9 Å². The number of hydrogen-bond donors (Lipinski definition) is 0. The van der Waals surface area contributed by atoms with E-state index >= 15 is 0 Å². The van der Waals surface area contributed by atoms with E-state index in [-0.39, 0.29) is 5.91 Å². The van der Waals surface area contributed by atoms with Crippen molar-refractivity contribution in [3.63, 3.8) is 0 Å². The van der Waals surface area contributed by atoms with Crippen LogP contribution >= 0.6 is 11.8 Å². The van der Waals surface area contributed by atoms with Crippen LogP contribution in [0.5, 0.6) is 0 Å². The molecule has 2 aromatic carbocycles. The minimum atomic E-state index is -0.874. The number of aromatic nitrogens is 3. The molecule has 0 radical (unpaired) electrons. The first-order valence-corrected chi connectivity index (χ1v) is 11.4. The van der Waals surface area contributed by atoms with Crippen molar-refractivity contribution >= 4 is 29.3 Å². The maximum Gasteiger partial charge on any atom is 0.338 e. The fourth-order valence-corrected chi connectivity index (χ4v) is 4.32. The third-order valence-electron chi connectivity index (χ3n) is 5.35. The molecule has 160 valence electrons. The molecule has 0 N–H and O–H groups in total. The van der Waals surface area contributed by atoms with E-state index in [2.05, 4.69) is 10.2 Å². The van der Waals surface area contributed by atoms with Gasteiger partial charge in [0.1, 0.15) is 5.82 Å². The average Bonchev–Trinajstić information content (AvgIpc) is 3.18. The van der Waals surface area contributed by atoms with Gasteiger partial charge in [0.05, 0.1) is 5.56 Å². The van der Waals surface area contributed by atoms with Gasteiger partial charge in [-0.05, 0) is 68.8 Å². The number of hydrogen-bond acceptors (Lipinski definition) is 6. The highest BCUT2D eigenvalue weighted by Crippen LogP contribution is 2.27. The van der Waals surface area contributed by atoms with Crippen LogP contribution in [-0.4, -0.2) is 45.5 Å². The van der Waals surface area contributed by atoms with E-state index in [1.807, 2.05) is 54.1 Å². The van der Waals surface area contributed by atoms with Crippen molar-refractivity contribution in [2.45, 2.75) is 37.9 Å². The van der Waals surface area contributed by atoms with Crippen molar-refractivity contribution in [1.29, 1.82) is 0 Å². The highest BCUT2D eigenvalue weighted by molar-refractivity contribution is 7.98. The van der Waals surface area contributed by atoms with E-state index in [0.29, 0.717) is 12.1 Å². The molecule has 0 aliphatic carbocycles. The third kappa shape index (κ3) is 4.20. The number of amides is 1. The summed E-state index contributed by atoms with van der Waals surface area (Å²) in [6, 6.07) is 14.9. The van der Waals surface area contributed by atoms with Crippen LogP contribution < -0.4 is 4.90 Å². The number of rotatable bonds is 5. The molecule has 0 spiro atoms. The molecule has 4 rings (SSSR count). The number of anilines is 1. The van der Waals surface area contributed by atoms with Gasteiger partial charge in [0.2, 0.25) is 0 Å². The second kappa shape index (κ2) is 8.93. The van der Waals surface area contributed by atoms with Crippen LogP contribution in [0, 0.1) is 6.92 Å². The zero-order valence-corrected chi connectivity index (χ0v) is 18.6. The molecule has 0 saturated carbocycles. The first kappa shape index (κ1) is 21.1. The quantitative estimate of drug-likeness (QED) is 0.447. The van der Waals surface area contributed by atoms with Gasteiger partial charge in [-0.25, -0.2) is 4.79 Å². The molecule has 1 atom stereocenters. The summed E-state index contributed by atoms with van der Waals surface area (Å²) in [4.78, 5) is 27.3. The molecule has 2 heterocycles. The van der Waals surface area contributed by atoms with Crippen molar-refractivity contribution < 1.29 is 14.3 Å². The van der Waals surface area contributed by atoms with E-state index < -0.39 is 12.1 Å². The zero-order valence-electron chi connectivity index (χ0n) is 17.7. The minimum absolute atomic E-state index is 0.207. The summed E-state index contributed by atoms with van der Waals surface area (Å²) in [5.41, 5.74) is 3.29. The lowest BCUT2D eigenvalue weighted by Crippen LogP contribution is -2.42. The highest BCUT2D eigenvalue weighted by atomic mass is 32.2. The largest absolute Gasteiger partial charge is 0.449 e. The Kier molecular flexibility index (Phi) is 6.08. The van der Waals surface area contributed by atoms with Gasteiger partial charge < -0.3 is 9.64 Å². The summed E-state index contributed by atoms with van der Waals surface area (Å²) in [6.07, 6.45) is 2.91. The fourth-order valence-electron chi connectivity index (χ4n) is 3.78. The predicted molar refractivity (Wildman–Crippen MR) is 120 cm³/mol. The van der Waals surface area contributed by atoms with E-state index in [4.69, 9.17) is 4.74 Å². The molecule has 1 amide bonds. The van der Waals surface area contributed by atoms with Crippen molar-refractivity contribution in [2.24, 2.45) is 0 Å². The first-order valence-electron chi connectivity index (χ1n) is 10.2. The summed E-state index contributed by atoms with van der Waals surface area (Å²) in [6.45, 7) is 4.13. The van der Waals surface area contributed by atoms with Crippen molar-refractivity contribution in [3.8, 4) is 5.69 Å². The topological polar surface area (TPSA) is 77.3 Å². The normalized spacial score (nSPS) is 14.1. The Hall–Kier alpha value is -3.13. The van der Waals surface area contributed by atoms with Crippen molar-refractivity contribution in [3.05, 3.63) is 65.5 Å². The van der Waals surface area contributed by atoms with Gasteiger partial charge in [-0.1, -0.05) is 30.0 Å². The second-order valence-electron chi connectivity index (χ2n) is 7.39. The Labute approximate surface area is 185 Å². The van der Waals surface area contributed by atoms with Gasteiger partial charge in [0.25, 0.3) is 5.91 Å². The molecule has 1 aliphatic heterocycles. The van der Waals surface area contributed by atoms with E-state index in [1.165, 1.54) is 11.8 Å².